The fourth-order valence-corrected chi connectivity index (χ4v) is 1.90. The summed E-state index contributed by atoms with van der Waals surface area (Å²) in [5.74, 6) is -0.827. The highest BCUT2D eigenvalue weighted by atomic mass is 16.4. The zero-order chi connectivity index (χ0) is 8.72. The lowest BCUT2D eigenvalue weighted by Crippen LogP contribution is -2.06. The number of nitrogens with zero attached hydrogens (tertiary/aromatic N) is 1. The third-order valence-corrected chi connectivity index (χ3v) is 2.53. The molecule has 0 unspecified atom stereocenters. The van der Waals surface area contributed by atoms with Crippen molar-refractivity contribution in [2.45, 2.75) is 19.3 Å². The lowest BCUT2D eigenvalue weighted by atomic mass is 10.2. The van der Waals surface area contributed by atoms with Gasteiger partial charge in [0, 0.05) is 12.7 Å². The van der Waals surface area contributed by atoms with Crippen LogP contribution in [0.5, 0.6) is 0 Å². The maximum Gasteiger partial charge on any atom is 0.352 e. The summed E-state index contributed by atoms with van der Waals surface area (Å²) < 4.78 is 1.80. The van der Waals surface area contributed by atoms with Crippen molar-refractivity contribution in [1.29, 1.82) is 0 Å². The van der Waals surface area contributed by atoms with Crippen molar-refractivity contribution in [1.82, 2.24) is 4.57 Å². The normalized spacial score (nSPS) is 14.8. The number of fused-ring (bicyclic) bond motifs is 1. The third kappa shape index (κ3) is 0.858. The van der Waals surface area contributed by atoms with Crippen molar-refractivity contribution in [3.05, 3.63) is 23.0 Å². The number of hydrogen-bond acceptors (Lipinski definition) is 1. The Morgan fingerprint density at radius 1 is 1.58 bits per heavy atom. The van der Waals surface area contributed by atoms with Crippen LogP contribution in [0.3, 0.4) is 0 Å². The van der Waals surface area contributed by atoms with E-state index in [2.05, 4.69) is 0 Å². The summed E-state index contributed by atoms with van der Waals surface area (Å²) in [6, 6.07) is 1.80. The fourth-order valence-electron chi connectivity index (χ4n) is 1.90. The molecule has 3 nitrogen and oxygen atoms in total. The van der Waals surface area contributed by atoms with Gasteiger partial charge in [0.05, 0.1) is 0 Å². The van der Waals surface area contributed by atoms with E-state index < -0.39 is 5.97 Å². The number of rotatable bonds is 1. The van der Waals surface area contributed by atoms with Gasteiger partial charge in [0.25, 0.3) is 0 Å². The second-order valence-corrected chi connectivity index (χ2v) is 3.22. The highest BCUT2D eigenvalue weighted by Crippen LogP contribution is 2.24. The molecule has 0 saturated carbocycles. The summed E-state index contributed by atoms with van der Waals surface area (Å²) in [7, 11) is 1.83. The second kappa shape index (κ2) is 2.37. The van der Waals surface area contributed by atoms with Crippen molar-refractivity contribution in [2.24, 2.45) is 7.05 Å². The zero-order valence-electron chi connectivity index (χ0n) is 7.00. The molecule has 0 spiro atoms. The molecule has 0 aromatic carbocycles. The number of aromatic nitrogens is 1. The summed E-state index contributed by atoms with van der Waals surface area (Å²) in [6.07, 6.45) is 3.23. The van der Waals surface area contributed by atoms with E-state index in [0.29, 0.717) is 5.69 Å². The van der Waals surface area contributed by atoms with Gasteiger partial charge in [-0.1, -0.05) is 0 Å². The number of aryl methyl sites for hydroxylation is 1. The molecule has 0 radical (unpaired) electrons. The molecule has 0 amide bonds. The van der Waals surface area contributed by atoms with Crippen LogP contribution in [0.15, 0.2) is 6.07 Å². The molecule has 0 fully saturated rings. The van der Waals surface area contributed by atoms with Crippen LogP contribution in [0.4, 0.5) is 0 Å². The number of carbonyl (C=O) groups is 1. The van der Waals surface area contributed by atoms with Gasteiger partial charge in [-0.2, -0.15) is 0 Å². The molecule has 0 aliphatic heterocycles. The Hall–Kier alpha value is -1.25. The second-order valence-electron chi connectivity index (χ2n) is 3.22. The molecule has 1 aliphatic carbocycles. The first-order valence-electron chi connectivity index (χ1n) is 4.11. The predicted molar refractivity (Wildman–Crippen MR) is 44.4 cm³/mol. The topological polar surface area (TPSA) is 42.2 Å². The lowest BCUT2D eigenvalue weighted by molar-refractivity contribution is 0.0686. The minimum atomic E-state index is -0.827. The first-order valence-corrected chi connectivity index (χ1v) is 4.11. The smallest absolute Gasteiger partial charge is 0.352 e. The molecule has 1 aromatic heterocycles. The minimum absolute atomic E-state index is 0.416. The van der Waals surface area contributed by atoms with E-state index in [1.807, 2.05) is 7.05 Å². The van der Waals surface area contributed by atoms with Crippen LogP contribution in [-0.4, -0.2) is 15.6 Å². The Bertz CT molecular complexity index is 339. The monoisotopic (exact) mass is 165 g/mol. The van der Waals surface area contributed by atoms with E-state index in [0.717, 1.165) is 12.8 Å². The van der Waals surface area contributed by atoms with Gasteiger partial charge in [-0.25, -0.2) is 4.79 Å². The molecule has 2 rings (SSSR count). The Kier molecular flexibility index (Phi) is 1.46. The van der Waals surface area contributed by atoms with Crippen molar-refractivity contribution >= 4 is 5.97 Å². The average Bonchev–Trinajstić information content (AvgIpc) is 2.53. The van der Waals surface area contributed by atoms with Crippen LogP contribution in [-0.2, 0) is 19.9 Å². The van der Waals surface area contributed by atoms with Gasteiger partial charge in [-0.3, -0.25) is 0 Å². The molecule has 0 atom stereocenters. The third-order valence-electron chi connectivity index (χ3n) is 2.53. The van der Waals surface area contributed by atoms with Gasteiger partial charge < -0.3 is 9.67 Å². The molecule has 1 heterocycles. The van der Waals surface area contributed by atoms with Crippen molar-refractivity contribution < 1.29 is 9.90 Å². The molecule has 12 heavy (non-hydrogen) atoms. The molecule has 1 N–H and O–H groups in total. The number of carboxylic acids is 1. The predicted octanol–water partition coefficient (Wildman–Crippen LogP) is 1.21. The van der Waals surface area contributed by atoms with Crippen LogP contribution in [0.25, 0.3) is 0 Å². The molecule has 64 valence electrons. The Balaban J connectivity index is 2.54. The largest absolute Gasteiger partial charge is 0.477 e. The van der Waals surface area contributed by atoms with E-state index in [1.165, 1.54) is 17.7 Å². The van der Waals surface area contributed by atoms with Gasteiger partial charge >= 0.3 is 5.97 Å². The van der Waals surface area contributed by atoms with Gasteiger partial charge in [0.1, 0.15) is 5.69 Å². The quantitative estimate of drug-likeness (QED) is 0.679. The number of hydrogen-bond donors (Lipinski definition) is 1. The van der Waals surface area contributed by atoms with Crippen LogP contribution in [0.1, 0.15) is 28.2 Å². The lowest BCUT2D eigenvalue weighted by Gasteiger charge is -2.00. The zero-order valence-corrected chi connectivity index (χ0v) is 7.00. The summed E-state index contributed by atoms with van der Waals surface area (Å²) >= 11 is 0. The van der Waals surface area contributed by atoms with Crippen LogP contribution in [0, 0.1) is 0 Å². The van der Waals surface area contributed by atoms with E-state index in [9.17, 15) is 4.79 Å². The molecular weight excluding hydrogens is 154 g/mol. The molecule has 0 bridgehead atoms. The van der Waals surface area contributed by atoms with E-state index >= 15 is 0 Å². The van der Waals surface area contributed by atoms with Crippen LogP contribution >= 0.6 is 0 Å². The first kappa shape index (κ1) is 7.40. The highest BCUT2D eigenvalue weighted by Gasteiger charge is 2.20. The van der Waals surface area contributed by atoms with E-state index in [1.54, 1.807) is 10.6 Å². The Morgan fingerprint density at radius 2 is 2.33 bits per heavy atom. The summed E-state index contributed by atoms with van der Waals surface area (Å²) in [6.45, 7) is 0. The fraction of sp³-hybridized carbons (Fsp3) is 0.444. The molecule has 1 aliphatic rings. The van der Waals surface area contributed by atoms with Gasteiger partial charge in [0.2, 0.25) is 0 Å². The number of aromatic carboxylic acids is 1. The van der Waals surface area contributed by atoms with Gasteiger partial charge in [0.15, 0.2) is 0 Å². The highest BCUT2D eigenvalue weighted by molar-refractivity contribution is 5.86. The van der Waals surface area contributed by atoms with E-state index in [-0.39, 0.29) is 0 Å². The van der Waals surface area contributed by atoms with Crippen LogP contribution in [0.2, 0.25) is 0 Å². The first-order chi connectivity index (χ1) is 5.70. The van der Waals surface area contributed by atoms with Crippen molar-refractivity contribution in [3.63, 3.8) is 0 Å². The standard InChI is InChI=1S/C9H11NO2/c1-10-7-4-2-3-6(7)5-8(10)9(11)12/h5H,2-4H2,1H3,(H,11,12). The van der Waals surface area contributed by atoms with E-state index in [4.69, 9.17) is 5.11 Å². The Labute approximate surface area is 70.6 Å². The summed E-state index contributed by atoms with van der Waals surface area (Å²) in [5.41, 5.74) is 2.84. The van der Waals surface area contributed by atoms with Crippen LogP contribution < -0.4 is 0 Å². The molecule has 3 heteroatoms. The summed E-state index contributed by atoms with van der Waals surface area (Å²) in [5, 5.41) is 8.80. The SMILES string of the molecule is Cn1c(C(=O)O)cc2c1CCC2. The van der Waals surface area contributed by atoms with Crippen molar-refractivity contribution in [2.75, 3.05) is 0 Å². The number of carboxylic acid groups (broad SMARTS) is 1. The molecule has 1 aromatic rings. The van der Waals surface area contributed by atoms with Crippen molar-refractivity contribution in [3.8, 4) is 0 Å². The molecular formula is C9H11NO2. The maximum absolute atomic E-state index is 10.7. The minimum Gasteiger partial charge on any atom is -0.477 e. The Morgan fingerprint density at radius 3 is 2.92 bits per heavy atom. The summed E-state index contributed by atoms with van der Waals surface area (Å²) in [4.78, 5) is 10.7. The van der Waals surface area contributed by atoms with Gasteiger partial charge in [-0.15, -0.1) is 0 Å². The maximum atomic E-state index is 10.7. The van der Waals surface area contributed by atoms with Gasteiger partial charge in [-0.05, 0) is 30.9 Å². The average molecular weight is 165 g/mol. The molecule has 0 saturated heterocycles.